The molecule has 0 bridgehead atoms. The van der Waals surface area contributed by atoms with Crippen LogP contribution in [-0.2, 0) is 0 Å². The monoisotopic (exact) mass is 344 g/mol. The summed E-state index contributed by atoms with van der Waals surface area (Å²) in [6.07, 6.45) is 0. The number of aryl methyl sites for hydroxylation is 2. The Labute approximate surface area is 149 Å². The first-order valence-corrected chi connectivity index (χ1v) is 8.28. The molecule has 4 heteroatoms. The summed E-state index contributed by atoms with van der Waals surface area (Å²) in [4.78, 5) is 24.6. The molecular weight excluding hydrogens is 328 g/mol. The van der Waals surface area contributed by atoms with Crippen LogP contribution < -0.4 is 10.4 Å². The number of carbonyl (C=O) groups is 1. The van der Waals surface area contributed by atoms with Crippen molar-refractivity contribution in [2.24, 2.45) is 0 Å². The first-order valence-electron chi connectivity index (χ1n) is 8.28. The fraction of sp³-hybridized carbons (Fsp3) is 0.0909. The van der Waals surface area contributed by atoms with Crippen molar-refractivity contribution in [1.82, 2.24) is 0 Å². The summed E-state index contributed by atoms with van der Waals surface area (Å²) in [6, 6.07) is 18.0. The smallest absolute Gasteiger partial charge is 0.344 e. The molecule has 0 saturated heterocycles. The predicted octanol–water partition coefficient (Wildman–Crippen LogP) is 4.78. The Morgan fingerprint density at radius 1 is 0.846 bits per heavy atom. The van der Waals surface area contributed by atoms with Crippen LogP contribution in [0.15, 0.2) is 69.9 Å². The molecule has 4 rings (SSSR count). The number of ether oxygens (including phenoxy) is 1. The van der Waals surface area contributed by atoms with Crippen LogP contribution in [0, 0.1) is 13.8 Å². The molecule has 1 heterocycles. The summed E-state index contributed by atoms with van der Waals surface area (Å²) in [5.41, 5.74) is 2.18. The highest BCUT2D eigenvalue weighted by molar-refractivity contribution is 6.05. The maximum Gasteiger partial charge on any atom is 0.344 e. The van der Waals surface area contributed by atoms with Gasteiger partial charge in [0, 0.05) is 10.9 Å². The lowest BCUT2D eigenvalue weighted by atomic mass is 10.0. The second-order valence-corrected chi connectivity index (χ2v) is 6.26. The van der Waals surface area contributed by atoms with E-state index in [1.807, 2.05) is 37.3 Å². The van der Waals surface area contributed by atoms with Gasteiger partial charge < -0.3 is 9.15 Å². The zero-order valence-electron chi connectivity index (χ0n) is 14.4. The van der Waals surface area contributed by atoms with Crippen LogP contribution in [-0.4, -0.2) is 5.97 Å². The van der Waals surface area contributed by atoms with Gasteiger partial charge in [-0.25, -0.2) is 9.59 Å². The minimum absolute atomic E-state index is 0.376. The summed E-state index contributed by atoms with van der Waals surface area (Å²) in [6.45, 7) is 3.73. The molecule has 0 radical (unpaired) electrons. The van der Waals surface area contributed by atoms with Gasteiger partial charge in [0.05, 0.1) is 10.9 Å². The van der Waals surface area contributed by atoms with Gasteiger partial charge in [-0.2, -0.15) is 0 Å². The largest absolute Gasteiger partial charge is 0.423 e. The molecule has 0 atom stereocenters. The van der Waals surface area contributed by atoms with Crippen molar-refractivity contribution in [3.8, 4) is 5.75 Å². The average molecular weight is 344 g/mol. The molecule has 0 saturated carbocycles. The van der Waals surface area contributed by atoms with Crippen molar-refractivity contribution < 1.29 is 13.9 Å². The van der Waals surface area contributed by atoms with Crippen molar-refractivity contribution in [3.05, 3.63) is 87.8 Å². The van der Waals surface area contributed by atoms with E-state index >= 15 is 0 Å². The molecular formula is C22H16O4. The minimum Gasteiger partial charge on any atom is -0.423 e. The van der Waals surface area contributed by atoms with Crippen LogP contribution >= 0.6 is 0 Å². The van der Waals surface area contributed by atoms with Gasteiger partial charge in [0.1, 0.15) is 11.3 Å². The quantitative estimate of drug-likeness (QED) is 0.227. The Hall–Kier alpha value is -3.40. The molecule has 0 spiro atoms. The standard InChI is InChI=1S/C22H16O4/c1-13-7-9-15(10-8-13)21(23)25-19-12-11-17-16-5-3-4-6-18(16)22(24)26-20(17)14(19)2/h3-12H,1-2H3. The number of fused-ring (bicyclic) bond motifs is 3. The maximum absolute atomic E-state index is 12.4. The van der Waals surface area contributed by atoms with E-state index < -0.39 is 11.6 Å². The van der Waals surface area contributed by atoms with Crippen LogP contribution in [0.5, 0.6) is 5.75 Å². The van der Waals surface area contributed by atoms with Crippen molar-refractivity contribution in [1.29, 1.82) is 0 Å². The maximum atomic E-state index is 12.4. The van der Waals surface area contributed by atoms with Crippen molar-refractivity contribution >= 4 is 27.7 Å². The van der Waals surface area contributed by atoms with Gasteiger partial charge in [0.25, 0.3) is 0 Å². The Kier molecular flexibility index (Phi) is 3.81. The average Bonchev–Trinajstić information content (AvgIpc) is 2.65. The van der Waals surface area contributed by atoms with Crippen LogP contribution in [0.25, 0.3) is 21.7 Å². The number of rotatable bonds is 2. The molecule has 0 unspecified atom stereocenters. The molecule has 128 valence electrons. The lowest BCUT2D eigenvalue weighted by molar-refractivity contribution is 0.0733. The lowest BCUT2D eigenvalue weighted by Gasteiger charge is -2.10. The van der Waals surface area contributed by atoms with Crippen molar-refractivity contribution in [2.45, 2.75) is 13.8 Å². The third kappa shape index (κ3) is 2.65. The van der Waals surface area contributed by atoms with E-state index in [1.54, 1.807) is 37.3 Å². The van der Waals surface area contributed by atoms with Gasteiger partial charge in [-0.3, -0.25) is 0 Å². The molecule has 3 aromatic carbocycles. The van der Waals surface area contributed by atoms with E-state index in [2.05, 4.69) is 0 Å². The van der Waals surface area contributed by atoms with Crippen molar-refractivity contribution in [2.75, 3.05) is 0 Å². The minimum atomic E-state index is -0.449. The highest BCUT2D eigenvalue weighted by atomic mass is 16.5. The Balaban J connectivity index is 1.81. The summed E-state index contributed by atoms with van der Waals surface area (Å²) in [5, 5.41) is 2.16. The van der Waals surface area contributed by atoms with Gasteiger partial charge >= 0.3 is 11.6 Å². The lowest BCUT2D eigenvalue weighted by Crippen LogP contribution is -2.09. The van der Waals surface area contributed by atoms with Gasteiger partial charge in [-0.15, -0.1) is 0 Å². The molecule has 0 aliphatic heterocycles. The second-order valence-electron chi connectivity index (χ2n) is 6.26. The van der Waals surface area contributed by atoms with E-state index in [0.717, 1.165) is 16.3 Å². The number of carbonyl (C=O) groups excluding carboxylic acids is 1. The molecule has 4 aromatic rings. The fourth-order valence-electron chi connectivity index (χ4n) is 3.02. The molecule has 0 N–H and O–H groups in total. The first kappa shape index (κ1) is 16.1. The molecule has 1 aromatic heterocycles. The summed E-state index contributed by atoms with van der Waals surface area (Å²) in [5.74, 6) is -0.0721. The van der Waals surface area contributed by atoms with Crippen LogP contribution in [0.2, 0.25) is 0 Å². The Morgan fingerprint density at radius 2 is 1.54 bits per heavy atom. The predicted molar refractivity (Wildman–Crippen MR) is 101 cm³/mol. The zero-order chi connectivity index (χ0) is 18.3. The molecule has 0 amide bonds. The molecule has 0 aliphatic rings. The van der Waals surface area contributed by atoms with Crippen LogP contribution in [0.1, 0.15) is 21.5 Å². The summed E-state index contributed by atoms with van der Waals surface area (Å²) in [7, 11) is 0. The summed E-state index contributed by atoms with van der Waals surface area (Å²) < 4.78 is 11.0. The molecule has 4 nitrogen and oxygen atoms in total. The number of hydrogen-bond acceptors (Lipinski definition) is 4. The Bertz CT molecular complexity index is 1200. The topological polar surface area (TPSA) is 56.5 Å². The SMILES string of the molecule is Cc1ccc(C(=O)Oc2ccc3c(oc(=O)c4ccccc43)c2C)cc1. The third-order valence-electron chi connectivity index (χ3n) is 4.48. The van der Waals surface area contributed by atoms with Gasteiger partial charge in [-0.1, -0.05) is 35.9 Å². The Morgan fingerprint density at radius 3 is 2.27 bits per heavy atom. The van der Waals surface area contributed by atoms with Crippen LogP contribution in [0.4, 0.5) is 0 Å². The van der Waals surface area contributed by atoms with Gasteiger partial charge in [-0.05, 0) is 49.6 Å². The zero-order valence-corrected chi connectivity index (χ0v) is 14.4. The summed E-state index contributed by atoms with van der Waals surface area (Å²) >= 11 is 0. The molecule has 0 aliphatic carbocycles. The first-order chi connectivity index (χ1) is 12.5. The van der Waals surface area contributed by atoms with E-state index in [-0.39, 0.29) is 0 Å². The van der Waals surface area contributed by atoms with E-state index in [4.69, 9.17) is 9.15 Å². The van der Waals surface area contributed by atoms with Crippen molar-refractivity contribution in [3.63, 3.8) is 0 Å². The van der Waals surface area contributed by atoms with Gasteiger partial charge in [0.2, 0.25) is 0 Å². The highest BCUT2D eigenvalue weighted by Gasteiger charge is 2.15. The van der Waals surface area contributed by atoms with E-state index in [9.17, 15) is 9.59 Å². The number of esters is 1. The van der Waals surface area contributed by atoms with E-state index in [0.29, 0.717) is 27.8 Å². The van der Waals surface area contributed by atoms with Gasteiger partial charge in [0.15, 0.2) is 0 Å². The third-order valence-corrected chi connectivity index (χ3v) is 4.48. The molecule has 0 fully saturated rings. The normalized spacial score (nSPS) is 11.0. The molecule has 26 heavy (non-hydrogen) atoms. The van der Waals surface area contributed by atoms with E-state index in [1.165, 1.54) is 0 Å². The number of hydrogen-bond donors (Lipinski definition) is 0. The fourth-order valence-corrected chi connectivity index (χ4v) is 3.02. The highest BCUT2D eigenvalue weighted by Crippen LogP contribution is 2.31. The second kappa shape index (κ2) is 6.15. The van der Waals surface area contributed by atoms with Crippen LogP contribution in [0.3, 0.4) is 0 Å². The number of benzene rings is 3.